The summed E-state index contributed by atoms with van der Waals surface area (Å²) in [5.74, 6) is -0.944. The number of halogens is 1. The standard InChI is InChI=1S/C8H7BrN2O2S/c1-3-4(2)14-7-5(9)10-6(8(12)13)11(3)7/h1-2H3,(H,12,13). The van der Waals surface area contributed by atoms with Crippen LogP contribution >= 0.6 is 27.3 Å². The molecule has 74 valence electrons. The third kappa shape index (κ3) is 1.18. The van der Waals surface area contributed by atoms with Crippen LogP contribution in [0.2, 0.25) is 0 Å². The van der Waals surface area contributed by atoms with Crippen LogP contribution in [-0.2, 0) is 0 Å². The van der Waals surface area contributed by atoms with E-state index in [0.717, 1.165) is 15.4 Å². The van der Waals surface area contributed by atoms with E-state index in [0.29, 0.717) is 4.60 Å². The fourth-order valence-electron chi connectivity index (χ4n) is 1.30. The quantitative estimate of drug-likeness (QED) is 0.869. The molecule has 14 heavy (non-hydrogen) atoms. The number of hydrogen-bond donors (Lipinski definition) is 1. The van der Waals surface area contributed by atoms with Crippen LogP contribution in [0.15, 0.2) is 4.60 Å². The lowest BCUT2D eigenvalue weighted by atomic mass is 10.4. The lowest BCUT2D eigenvalue weighted by Crippen LogP contribution is -2.04. The summed E-state index contributed by atoms with van der Waals surface area (Å²) >= 11 is 4.78. The Bertz CT molecular complexity index is 529. The summed E-state index contributed by atoms with van der Waals surface area (Å²) in [5, 5.41) is 8.93. The van der Waals surface area contributed by atoms with Gasteiger partial charge in [-0.05, 0) is 29.8 Å². The summed E-state index contributed by atoms with van der Waals surface area (Å²) in [6, 6.07) is 0. The molecule has 6 heteroatoms. The Labute approximate surface area is 92.3 Å². The van der Waals surface area contributed by atoms with Crippen molar-refractivity contribution in [2.45, 2.75) is 13.8 Å². The van der Waals surface area contributed by atoms with Crippen LogP contribution in [0.3, 0.4) is 0 Å². The number of carboxylic acids is 1. The van der Waals surface area contributed by atoms with Crippen LogP contribution in [0.25, 0.3) is 4.83 Å². The molecule has 2 aromatic rings. The van der Waals surface area contributed by atoms with Crippen LogP contribution in [0.1, 0.15) is 21.2 Å². The van der Waals surface area contributed by atoms with Gasteiger partial charge in [0.15, 0.2) is 0 Å². The second kappa shape index (κ2) is 3.06. The number of hydrogen-bond acceptors (Lipinski definition) is 3. The number of aryl methyl sites for hydroxylation is 2. The maximum Gasteiger partial charge on any atom is 0.372 e. The number of aromatic carboxylic acids is 1. The van der Waals surface area contributed by atoms with Crippen LogP contribution in [0, 0.1) is 13.8 Å². The van der Waals surface area contributed by atoms with E-state index in [-0.39, 0.29) is 5.82 Å². The topological polar surface area (TPSA) is 54.6 Å². The Balaban J connectivity index is 2.92. The van der Waals surface area contributed by atoms with Gasteiger partial charge in [0, 0.05) is 10.6 Å². The van der Waals surface area contributed by atoms with Crippen molar-refractivity contribution in [2.24, 2.45) is 0 Å². The molecule has 0 aliphatic heterocycles. The van der Waals surface area contributed by atoms with Gasteiger partial charge in [0.1, 0.15) is 9.43 Å². The van der Waals surface area contributed by atoms with E-state index < -0.39 is 5.97 Å². The van der Waals surface area contributed by atoms with Gasteiger partial charge in [-0.1, -0.05) is 0 Å². The van der Waals surface area contributed by atoms with Crippen molar-refractivity contribution in [1.29, 1.82) is 0 Å². The van der Waals surface area contributed by atoms with Gasteiger partial charge in [-0.25, -0.2) is 9.78 Å². The molecule has 0 saturated heterocycles. The predicted molar refractivity (Wildman–Crippen MR) is 57.2 cm³/mol. The first-order valence-electron chi connectivity index (χ1n) is 3.89. The van der Waals surface area contributed by atoms with E-state index >= 15 is 0 Å². The maximum atomic E-state index is 10.9. The lowest BCUT2D eigenvalue weighted by molar-refractivity contribution is 0.0682. The molecule has 2 rings (SSSR count). The Hall–Kier alpha value is -0.880. The molecular weight excluding hydrogens is 268 g/mol. The predicted octanol–water partition coefficient (Wildman–Crippen LogP) is 2.47. The first-order valence-corrected chi connectivity index (χ1v) is 5.50. The van der Waals surface area contributed by atoms with Gasteiger partial charge in [0.05, 0.1) is 0 Å². The second-order valence-electron chi connectivity index (χ2n) is 2.92. The minimum Gasteiger partial charge on any atom is -0.475 e. The summed E-state index contributed by atoms with van der Waals surface area (Å²) < 4.78 is 2.25. The van der Waals surface area contributed by atoms with Crippen molar-refractivity contribution >= 4 is 38.1 Å². The first-order chi connectivity index (χ1) is 6.52. The van der Waals surface area contributed by atoms with E-state index in [2.05, 4.69) is 20.9 Å². The molecule has 0 bridgehead atoms. The average molecular weight is 275 g/mol. The van der Waals surface area contributed by atoms with Crippen molar-refractivity contribution in [3.63, 3.8) is 0 Å². The van der Waals surface area contributed by atoms with Crippen molar-refractivity contribution < 1.29 is 9.90 Å². The Morgan fingerprint density at radius 3 is 2.79 bits per heavy atom. The zero-order valence-electron chi connectivity index (χ0n) is 7.54. The molecular formula is C8H7BrN2O2S. The smallest absolute Gasteiger partial charge is 0.372 e. The summed E-state index contributed by atoms with van der Waals surface area (Å²) in [6.07, 6.45) is 0. The van der Waals surface area contributed by atoms with E-state index in [1.165, 1.54) is 11.3 Å². The van der Waals surface area contributed by atoms with Gasteiger partial charge in [0.25, 0.3) is 0 Å². The highest BCUT2D eigenvalue weighted by atomic mass is 79.9. The van der Waals surface area contributed by atoms with Crippen molar-refractivity contribution in [3.8, 4) is 0 Å². The number of imidazole rings is 1. The third-order valence-corrected chi connectivity index (χ3v) is 4.07. The zero-order chi connectivity index (χ0) is 10.5. The molecule has 0 spiro atoms. The minimum atomic E-state index is -1.01. The number of nitrogens with zero attached hydrogens (tertiary/aromatic N) is 2. The molecule has 2 aromatic heterocycles. The van der Waals surface area contributed by atoms with Gasteiger partial charge >= 0.3 is 5.97 Å². The van der Waals surface area contributed by atoms with Gasteiger partial charge in [0.2, 0.25) is 5.82 Å². The largest absolute Gasteiger partial charge is 0.475 e. The summed E-state index contributed by atoms with van der Waals surface area (Å²) in [6.45, 7) is 3.85. The molecule has 0 aliphatic rings. The van der Waals surface area contributed by atoms with Crippen molar-refractivity contribution in [3.05, 3.63) is 21.0 Å². The molecule has 0 radical (unpaired) electrons. The van der Waals surface area contributed by atoms with Crippen LogP contribution in [0.5, 0.6) is 0 Å². The van der Waals surface area contributed by atoms with Crippen LogP contribution in [0.4, 0.5) is 0 Å². The molecule has 0 fully saturated rings. The minimum absolute atomic E-state index is 0.0636. The molecule has 2 heterocycles. The van der Waals surface area contributed by atoms with Crippen molar-refractivity contribution in [2.75, 3.05) is 0 Å². The van der Waals surface area contributed by atoms with Gasteiger partial charge in [-0.2, -0.15) is 0 Å². The Morgan fingerprint density at radius 1 is 1.57 bits per heavy atom. The fraction of sp³-hybridized carbons (Fsp3) is 0.250. The number of carbonyl (C=O) groups is 1. The first kappa shape index (κ1) is 9.67. The second-order valence-corrected chi connectivity index (χ2v) is 4.87. The molecule has 4 nitrogen and oxygen atoms in total. The molecule has 0 amide bonds. The Kier molecular flexibility index (Phi) is 2.11. The molecule has 0 unspecified atom stereocenters. The normalized spacial score (nSPS) is 11.1. The third-order valence-electron chi connectivity index (χ3n) is 2.08. The summed E-state index contributed by atoms with van der Waals surface area (Å²) in [4.78, 5) is 16.8. The SMILES string of the molecule is Cc1sc2c(Br)nc(C(=O)O)n2c1C. The molecule has 0 aromatic carbocycles. The van der Waals surface area contributed by atoms with Crippen LogP contribution in [-0.4, -0.2) is 20.5 Å². The van der Waals surface area contributed by atoms with E-state index in [1.807, 2.05) is 13.8 Å². The van der Waals surface area contributed by atoms with E-state index in [1.54, 1.807) is 4.40 Å². The van der Waals surface area contributed by atoms with E-state index in [4.69, 9.17) is 5.11 Å². The highest BCUT2D eigenvalue weighted by molar-refractivity contribution is 9.10. The average Bonchev–Trinajstić information content (AvgIpc) is 2.56. The monoisotopic (exact) mass is 274 g/mol. The highest BCUT2D eigenvalue weighted by Gasteiger charge is 2.19. The van der Waals surface area contributed by atoms with Gasteiger partial charge in [-0.15, -0.1) is 11.3 Å². The Morgan fingerprint density at radius 2 is 2.21 bits per heavy atom. The molecule has 1 N–H and O–H groups in total. The number of aromatic nitrogens is 2. The zero-order valence-corrected chi connectivity index (χ0v) is 9.94. The van der Waals surface area contributed by atoms with Crippen LogP contribution < -0.4 is 0 Å². The van der Waals surface area contributed by atoms with E-state index in [9.17, 15) is 4.79 Å². The summed E-state index contributed by atoms with van der Waals surface area (Å²) in [7, 11) is 0. The lowest BCUT2D eigenvalue weighted by Gasteiger charge is -1.94. The van der Waals surface area contributed by atoms with Gasteiger partial charge in [-0.3, -0.25) is 4.40 Å². The summed E-state index contributed by atoms with van der Waals surface area (Å²) in [5.41, 5.74) is 0.931. The molecule has 0 aliphatic carbocycles. The fourth-order valence-corrected chi connectivity index (χ4v) is 2.86. The molecule has 0 atom stereocenters. The number of thiazole rings is 1. The van der Waals surface area contributed by atoms with Crippen molar-refractivity contribution in [1.82, 2.24) is 9.38 Å². The van der Waals surface area contributed by atoms with Gasteiger partial charge < -0.3 is 5.11 Å². The number of rotatable bonds is 1. The number of carboxylic acid groups (broad SMARTS) is 1. The number of fused-ring (bicyclic) bond motifs is 1. The maximum absolute atomic E-state index is 10.9. The highest BCUT2D eigenvalue weighted by Crippen LogP contribution is 2.29. The molecule has 0 saturated carbocycles.